The predicted molar refractivity (Wildman–Crippen MR) is 70.5 cm³/mol. The van der Waals surface area contributed by atoms with Crippen molar-refractivity contribution < 1.29 is 14.3 Å². The van der Waals surface area contributed by atoms with Crippen LogP contribution in [0.25, 0.3) is 0 Å². The second-order valence-corrected chi connectivity index (χ2v) is 4.86. The average Bonchev–Trinajstić information content (AvgIpc) is 2.63. The van der Waals surface area contributed by atoms with Crippen LogP contribution in [0.15, 0.2) is 24.3 Å². The summed E-state index contributed by atoms with van der Waals surface area (Å²) in [6.07, 6.45) is 0. The number of carbonyl (C=O) groups is 2. The topological polar surface area (TPSA) is 82.4 Å². The van der Waals surface area contributed by atoms with Crippen molar-refractivity contribution in [3.63, 3.8) is 0 Å². The zero-order chi connectivity index (χ0) is 14.8. The van der Waals surface area contributed by atoms with Crippen molar-refractivity contribution >= 4 is 11.9 Å². The Kier molecular flexibility index (Phi) is 3.72. The number of benzene rings is 1. The molecule has 1 saturated heterocycles. The molecule has 1 N–H and O–H groups in total. The Balaban J connectivity index is 2.24. The van der Waals surface area contributed by atoms with Gasteiger partial charge < -0.3 is 10.1 Å². The van der Waals surface area contributed by atoms with Crippen molar-refractivity contribution in [3.05, 3.63) is 35.4 Å². The molecule has 1 atom stereocenters. The van der Waals surface area contributed by atoms with E-state index in [0.717, 1.165) is 4.90 Å². The number of carbonyl (C=O) groups excluding carboxylic acids is 2. The molecule has 1 fully saturated rings. The number of ether oxygens (including phenoxy) is 1. The second-order valence-electron chi connectivity index (χ2n) is 4.86. The highest BCUT2D eigenvalue weighted by Crippen LogP contribution is 2.21. The van der Waals surface area contributed by atoms with Crippen LogP contribution in [-0.4, -0.2) is 36.1 Å². The molecule has 1 aliphatic rings. The van der Waals surface area contributed by atoms with Crippen molar-refractivity contribution in [1.82, 2.24) is 10.2 Å². The fourth-order valence-corrected chi connectivity index (χ4v) is 2.21. The van der Waals surface area contributed by atoms with E-state index in [2.05, 4.69) is 11.4 Å². The van der Waals surface area contributed by atoms with Crippen molar-refractivity contribution in [2.45, 2.75) is 19.0 Å². The van der Waals surface area contributed by atoms with Gasteiger partial charge in [-0.05, 0) is 18.6 Å². The lowest BCUT2D eigenvalue weighted by Gasteiger charge is -2.20. The van der Waals surface area contributed by atoms with Crippen LogP contribution < -0.4 is 5.32 Å². The third kappa shape index (κ3) is 2.36. The maximum atomic E-state index is 12.3. The van der Waals surface area contributed by atoms with Gasteiger partial charge in [0.25, 0.3) is 5.91 Å². The van der Waals surface area contributed by atoms with E-state index in [1.54, 1.807) is 31.2 Å². The maximum absolute atomic E-state index is 12.3. The van der Waals surface area contributed by atoms with E-state index in [9.17, 15) is 9.59 Å². The van der Waals surface area contributed by atoms with Crippen LogP contribution in [0, 0.1) is 11.3 Å². The molecule has 0 aromatic heterocycles. The summed E-state index contributed by atoms with van der Waals surface area (Å²) in [6.45, 7) is 1.80. The fraction of sp³-hybridized carbons (Fsp3) is 0.357. The predicted octanol–water partition coefficient (Wildman–Crippen LogP) is 1.02. The Bertz CT molecular complexity index is 594. The first-order chi connectivity index (χ1) is 9.51. The molecule has 0 spiro atoms. The highest BCUT2D eigenvalue weighted by molar-refractivity contribution is 6.06. The van der Waals surface area contributed by atoms with Crippen LogP contribution in [0.2, 0.25) is 0 Å². The molecule has 1 aliphatic heterocycles. The van der Waals surface area contributed by atoms with Gasteiger partial charge in [-0.3, -0.25) is 9.69 Å². The number of methoxy groups -OCH3 is 1. The number of nitrogens with zero attached hydrogens (tertiary/aromatic N) is 2. The summed E-state index contributed by atoms with van der Waals surface area (Å²) in [5.74, 6) is -0.350. The molecule has 1 aromatic rings. The smallest absolute Gasteiger partial charge is 0.325 e. The molecule has 104 valence electrons. The van der Waals surface area contributed by atoms with Gasteiger partial charge in [0.1, 0.15) is 5.54 Å². The SMILES string of the molecule is COC[C@]1(C)NC(=O)N(Cc2ccccc2C#N)C1=O. The number of imide groups is 1. The zero-order valence-electron chi connectivity index (χ0n) is 11.3. The number of hydrogen-bond donors (Lipinski definition) is 1. The first-order valence-electron chi connectivity index (χ1n) is 6.13. The molecular weight excluding hydrogens is 258 g/mol. The first-order valence-corrected chi connectivity index (χ1v) is 6.13. The van der Waals surface area contributed by atoms with Gasteiger partial charge in [-0.1, -0.05) is 18.2 Å². The van der Waals surface area contributed by atoms with Gasteiger partial charge in [0.2, 0.25) is 0 Å². The van der Waals surface area contributed by atoms with Gasteiger partial charge in [0, 0.05) is 7.11 Å². The minimum Gasteiger partial charge on any atom is -0.382 e. The lowest BCUT2D eigenvalue weighted by Crippen LogP contribution is -2.47. The number of rotatable bonds is 4. The van der Waals surface area contributed by atoms with E-state index in [1.807, 2.05) is 0 Å². The van der Waals surface area contributed by atoms with Crippen molar-refractivity contribution in [2.24, 2.45) is 0 Å². The van der Waals surface area contributed by atoms with Crippen LogP contribution in [0.3, 0.4) is 0 Å². The Morgan fingerprint density at radius 2 is 2.10 bits per heavy atom. The molecule has 20 heavy (non-hydrogen) atoms. The maximum Gasteiger partial charge on any atom is 0.325 e. The minimum absolute atomic E-state index is 0.0771. The third-order valence-electron chi connectivity index (χ3n) is 3.24. The van der Waals surface area contributed by atoms with Crippen molar-refractivity contribution in [3.8, 4) is 6.07 Å². The molecule has 0 unspecified atom stereocenters. The number of nitriles is 1. The Morgan fingerprint density at radius 1 is 1.40 bits per heavy atom. The summed E-state index contributed by atoms with van der Waals surface area (Å²) in [4.78, 5) is 25.4. The quantitative estimate of drug-likeness (QED) is 0.830. The van der Waals surface area contributed by atoms with Gasteiger partial charge in [0.15, 0.2) is 0 Å². The molecule has 1 heterocycles. The Hall–Kier alpha value is -2.39. The number of amides is 3. The number of hydrogen-bond acceptors (Lipinski definition) is 4. The molecule has 2 rings (SSSR count). The first kappa shape index (κ1) is 14.0. The molecule has 6 nitrogen and oxygen atoms in total. The standard InChI is InChI=1S/C14H15N3O3/c1-14(9-20-2)12(18)17(13(19)16-14)8-11-6-4-3-5-10(11)7-15/h3-6H,8-9H2,1-2H3,(H,16,19)/t14-/m0/s1. The van der Waals surface area contributed by atoms with E-state index >= 15 is 0 Å². The van der Waals surface area contributed by atoms with Crippen LogP contribution in [0.5, 0.6) is 0 Å². The van der Waals surface area contributed by atoms with Gasteiger partial charge >= 0.3 is 6.03 Å². The number of urea groups is 1. The highest BCUT2D eigenvalue weighted by atomic mass is 16.5. The molecule has 0 radical (unpaired) electrons. The van der Waals surface area contributed by atoms with Crippen LogP contribution in [0.4, 0.5) is 4.79 Å². The lowest BCUT2D eigenvalue weighted by molar-refractivity contribution is -0.132. The monoisotopic (exact) mass is 273 g/mol. The Labute approximate surface area is 116 Å². The van der Waals surface area contributed by atoms with Gasteiger partial charge in [-0.25, -0.2) is 4.79 Å². The zero-order valence-corrected chi connectivity index (χ0v) is 11.3. The van der Waals surface area contributed by atoms with E-state index in [4.69, 9.17) is 10.00 Å². The molecular formula is C14H15N3O3. The number of nitrogens with one attached hydrogen (secondary N) is 1. The van der Waals surface area contributed by atoms with E-state index in [-0.39, 0.29) is 19.1 Å². The van der Waals surface area contributed by atoms with Crippen LogP contribution >= 0.6 is 0 Å². The fourth-order valence-electron chi connectivity index (χ4n) is 2.21. The summed E-state index contributed by atoms with van der Waals surface area (Å²) >= 11 is 0. The van der Waals surface area contributed by atoms with Crippen molar-refractivity contribution in [1.29, 1.82) is 5.26 Å². The molecule has 1 aromatic carbocycles. The van der Waals surface area contributed by atoms with Crippen molar-refractivity contribution in [2.75, 3.05) is 13.7 Å². The lowest BCUT2D eigenvalue weighted by atomic mass is 10.0. The normalized spacial score (nSPS) is 21.8. The van der Waals surface area contributed by atoms with Gasteiger partial charge in [-0.15, -0.1) is 0 Å². The summed E-state index contributed by atoms with van der Waals surface area (Å²) in [5, 5.41) is 11.7. The highest BCUT2D eigenvalue weighted by Gasteiger charge is 2.47. The summed E-state index contributed by atoms with van der Waals surface area (Å²) in [7, 11) is 1.47. The molecule has 3 amide bonds. The van der Waals surface area contributed by atoms with Crippen LogP contribution in [0.1, 0.15) is 18.1 Å². The van der Waals surface area contributed by atoms with Crippen LogP contribution in [-0.2, 0) is 16.1 Å². The molecule has 0 saturated carbocycles. The largest absolute Gasteiger partial charge is 0.382 e. The molecule has 0 aliphatic carbocycles. The van der Waals surface area contributed by atoms with Gasteiger partial charge in [-0.2, -0.15) is 5.26 Å². The summed E-state index contributed by atoms with van der Waals surface area (Å²) < 4.78 is 4.98. The average molecular weight is 273 g/mol. The summed E-state index contributed by atoms with van der Waals surface area (Å²) in [5.41, 5.74) is 0.0431. The van der Waals surface area contributed by atoms with E-state index < -0.39 is 11.6 Å². The Morgan fingerprint density at radius 3 is 2.75 bits per heavy atom. The second kappa shape index (κ2) is 5.31. The third-order valence-corrected chi connectivity index (χ3v) is 3.24. The minimum atomic E-state index is -1.05. The van der Waals surface area contributed by atoms with E-state index in [1.165, 1.54) is 7.11 Å². The van der Waals surface area contributed by atoms with E-state index in [0.29, 0.717) is 11.1 Å². The summed E-state index contributed by atoms with van der Waals surface area (Å²) in [6, 6.07) is 8.47. The van der Waals surface area contributed by atoms with Gasteiger partial charge in [0.05, 0.1) is 24.8 Å². The molecule has 6 heteroatoms. The molecule has 0 bridgehead atoms.